The van der Waals surface area contributed by atoms with Crippen molar-refractivity contribution in [1.29, 1.82) is 0 Å². The normalized spacial score (nSPS) is 15.2. The largest absolute Gasteiger partial charge is 0.679 e. The van der Waals surface area contributed by atoms with Crippen LogP contribution in [0, 0.1) is 0 Å². The first kappa shape index (κ1) is 16.3. The molecule has 19 heavy (non-hydrogen) atoms. The highest BCUT2D eigenvalue weighted by Gasteiger charge is 2.49. The summed E-state index contributed by atoms with van der Waals surface area (Å²) in [5.41, 5.74) is 6.13. The van der Waals surface area contributed by atoms with Gasteiger partial charge in [0.1, 0.15) is 0 Å². The van der Waals surface area contributed by atoms with Gasteiger partial charge in [0.15, 0.2) is 0 Å². The van der Waals surface area contributed by atoms with Crippen molar-refractivity contribution in [2.75, 3.05) is 27.4 Å². The third kappa shape index (κ3) is 3.85. The quantitative estimate of drug-likeness (QED) is 0.736. The minimum absolute atomic E-state index is 0.297. The first-order valence-electron chi connectivity index (χ1n) is 6.26. The average molecular weight is 285 g/mol. The summed E-state index contributed by atoms with van der Waals surface area (Å²) >= 11 is 0. The standard InChI is InChI=1S/C13H23NO4Si/c1-5-17-19(15-3,16-4)18-13(2,11-14)12-9-7-6-8-10-12/h6-10H,5,11,14H2,1-4H3. The number of nitrogens with two attached hydrogens (primary N) is 1. The maximum absolute atomic E-state index is 6.05. The van der Waals surface area contributed by atoms with Gasteiger partial charge in [-0.3, -0.25) is 0 Å². The second kappa shape index (κ2) is 7.13. The van der Waals surface area contributed by atoms with Gasteiger partial charge in [-0.1, -0.05) is 30.3 Å². The summed E-state index contributed by atoms with van der Waals surface area (Å²) in [6.45, 7) is 4.52. The highest BCUT2D eigenvalue weighted by molar-refractivity contribution is 6.53. The van der Waals surface area contributed by atoms with Crippen LogP contribution >= 0.6 is 0 Å². The van der Waals surface area contributed by atoms with E-state index in [1.54, 1.807) is 0 Å². The van der Waals surface area contributed by atoms with Gasteiger partial charge < -0.3 is 23.4 Å². The molecule has 0 heterocycles. The molecule has 0 saturated heterocycles. The molecule has 1 atom stereocenters. The van der Waals surface area contributed by atoms with Crippen molar-refractivity contribution < 1.29 is 17.7 Å². The first-order chi connectivity index (χ1) is 9.05. The highest BCUT2D eigenvalue weighted by atomic mass is 28.4. The molecule has 0 aliphatic carbocycles. The van der Waals surface area contributed by atoms with Crippen LogP contribution in [0.25, 0.3) is 0 Å². The van der Waals surface area contributed by atoms with E-state index in [0.717, 1.165) is 5.56 Å². The monoisotopic (exact) mass is 285 g/mol. The van der Waals surface area contributed by atoms with Crippen LogP contribution in [0.4, 0.5) is 0 Å². The molecule has 5 nitrogen and oxygen atoms in total. The fourth-order valence-electron chi connectivity index (χ4n) is 1.78. The second-order valence-electron chi connectivity index (χ2n) is 4.24. The molecule has 2 N–H and O–H groups in total. The molecule has 0 aliphatic heterocycles. The second-order valence-corrected chi connectivity index (χ2v) is 6.55. The highest BCUT2D eigenvalue weighted by Crippen LogP contribution is 2.29. The summed E-state index contributed by atoms with van der Waals surface area (Å²) in [5.74, 6) is 0. The minimum Gasteiger partial charge on any atom is -0.355 e. The molecule has 0 saturated carbocycles. The maximum Gasteiger partial charge on any atom is 0.679 e. The van der Waals surface area contributed by atoms with Crippen LogP contribution < -0.4 is 5.73 Å². The van der Waals surface area contributed by atoms with Gasteiger partial charge in [-0.25, -0.2) is 0 Å². The molecule has 1 rings (SSSR count). The lowest BCUT2D eigenvalue weighted by Gasteiger charge is -2.36. The predicted molar refractivity (Wildman–Crippen MR) is 75.3 cm³/mol. The molecule has 108 valence electrons. The maximum atomic E-state index is 6.05. The summed E-state index contributed by atoms with van der Waals surface area (Å²) in [5, 5.41) is 0. The van der Waals surface area contributed by atoms with E-state index in [4.69, 9.17) is 23.4 Å². The van der Waals surface area contributed by atoms with E-state index < -0.39 is 14.6 Å². The van der Waals surface area contributed by atoms with Crippen molar-refractivity contribution in [1.82, 2.24) is 0 Å². The number of benzene rings is 1. The molecule has 0 aromatic heterocycles. The van der Waals surface area contributed by atoms with Crippen molar-refractivity contribution in [2.45, 2.75) is 19.4 Å². The Labute approximate surface area is 116 Å². The molecular formula is C13H23NO4Si. The molecule has 1 aromatic rings. The van der Waals surface area contributed by atoms with Gasteiger partial charge in [0, 0.05) is 27.4 Å². The molecule has 6 heteroatoms. The van der Waals surface area contributed by atoms with E-state index in [1.807, 2.05) is 44.2 Å². The van der Waals surface area contributed by atoms with Crippen molar-refractivity contribution in [3.8, 4) is 0 Å². The summed E-state index contributed by atoms with van der Waals surface area (Å²) < 4.78 is 22.3. The Morgan fingerprint density at radius 3 is 2.16 bits per heavy atom. The lowest BCUT2D eigenvalue weighted by Crippen LogP contribution is -2.54. The van der Waals surface area contributed by atoms with Crippen LogP contribution in [-0.2, 0) is 23.3 Å². The Bertz CT molecular complexity index is 372. The van der Waals surface area contributed by atoms with E-state index in [-0.39, 0.29) is 0 Å². The summed E-state index contributed by atoms with van der Waals surface area (Å²) in [4.78, 5) is 0. The van der Waals surface area contributed by atoms with Crippen LogP contribution in [0.15, 0.2) is 30.3 Å². The number of rotatable bonds is 8. The molecule has 0 spiro atoms. The van der Waals surface area contributed by atoms with Gasteiger partial charge in [0.05, 0.1) is 5.60 Å². The van der Waals surface area contributed by atoms with Crippen LogP contribution in [0.2, 0.25) is 0 Å². The van der Waals surface area contributed by atoms with Gasteiger partial charge in [-0.15, -0.1) is 0 Å². The SMILES string of the molecule is CCO[Si](OC)(OC)OC(C)(CN)c1ccccc1. The molecule has 0 aliphatic rings. The third-order valence-electron chi connectivity index (χ3n) is 2.95. The molecule has 1 unspecified atom stereocenters. The number of hydrogen-bond acceptors (Lipinski definition) is 5. The van der Waals surface area contributed by atoms with Gasteiger partial charge in [-0.2, -0.15) is 0 Å². The first-order valence-corrected chi connectivity index (χ1v) is 7.89. The van der Waals surface area contributed by atoms with Gasteiger partial charge >= 0.3 is 9.05 Å². The zero-order valence-corrected chi connectivity index (χ0v) is 13.0. The summed E-state index contributed by atoms with van der Waals surface area (Å²) in [6.07, 6.45) is 0. The molecule has 0 radical (unpaired) electrons. The van der Waals surface area contributed by atoms with E-state index in [2.05, 4.69) is 0 Å². The zero-order valence-electron chi connectivity index (χ0n) is 12.0. The van der Waals surface area contributed by atoms with Crippen molar-refractivity contribution >= 4 is 9.05 Å². The van der Waals surface area contributed by atoms with E-state index in [9.17, 15) is 0 Å². The smallest absolute Gasteiger partial charge is 0.355 e. The zero-order chi connectivity index (χ0) is 14.4. The number of hydrogen-bond donors (Lipinski definition) is 1. The predicted octanol–water partition coefficient (Wildman–Crippen LogP) is 1.64. The lowest BCUT2D eigenvalue weighted by molar-refractivity contribution is -0.0700. The van der Waals surface area contributed by atoms with Crippen LogP contribution in [-0.4, -0.2) is 36.4 Å². The van der Waals surface area contributed by atoms with Crippen molar-refractivity contribution in [2.24, 2.45) is 5.73 Å². The molecule has 0 amide bonds. The Balaban J connectivity index is 3.02. The Hall–Kier alpha value is -0.763. The molecule has 0 fully saturated rings. The molecule has 1 aromatic carbocycles. The Morgan fingerprint density at radius 1 is 1.16 bits per heavy atom. The van der Waals surface area contributed by atoms with Crippen LogP contribution in [0.1, 0.15) is 19.4 Å². The topological polar surface area (TPSA) is 62.9 Å². The third-order valence-corrected chi connectivity index (χ3v) is 5.29. The Kier molecular flexibility index (Phi) is 6.12. The van der Waals surface area contributed by atoms with Crippen molar-refractivity contribution in [3.63, 3.8) is 0 Å². The fraction of sp³-hybridized carbons (Fsp3) is 0.538. The van der Waals surface area contributed by atoms with E-state index in [0.29, 0.717) is 13.2 Å². The van der Waals surface area contributed by atoms with Gasteiger partial charge in [0.25, 0.3) is 0 Å². The molecular weight excluding hydrogens is 262 g/mol. The van der Waals surface area contributed by atoms with Crippen LogP contribution in [0.3, 0.4) is 0 Å². The van der Waals surface area contributed by atoms with E-state index >= 15 is 0 Å². The van der Waals surface area contributed by atoms with Crippen LogP contribution in [0.5, 0.6) is 0 Å². The van der Waals surface area contributed by atoms with Crippen molar-refractivity contribution in [3.05, 3.63) is 35.9 Å². The van der Waals surface area contributed by atoms with Gasteiger partial charge in [-0.05, 0) is 19.4 Å². The minimum atomic E-state index is -3.16. The lowest BCUT2D eigenvalue weighted by atomic mass is 9.97. The van der Waals surface area contributed by atoms with Gasteiger partial charge in [0.2, 0.25) is 0 Å². The summed E-state index contributed by atoms with van der Waals surface area (Å²) in [6, 6.07) is 9.75. The summed E-state index contributed by atoms with van der Waals surface area (Å²) in [7, 11) is -0.120. The van der Waals surface area contributed by atoms with E-state index in [1.165, 1.54) is 14.2 Å². The molecule has 0 bridgehead atoms. The Morgan fingerprint density at radius 2 is 1.74 bits per heavy atom. The fourth-order valence-corrected chi connectivity index (χ4v) is 3.51. The average Bonchev–Trinajstić information content (AvgIpc) is 2.47.